The van der Waals surface area contributed by atoms with Crippen molar-refractivity contribution in [2.45, 2.75) is 46.6 Å². The van der Waals surface area contributed by atoms with Crippen molar-refractivity contribution in [2.75, 3.05) is 23.7 Å². The molecule has 1 unspecified atom stereocenters. The topological polar surface area (TPSA) is 75.7 Å². The van der Waals surface area contributed by atoms with Crippen LogP contribution in [0.15, 0.2) is 42.5 Å². The van der Waals surface area contributed by atoms with Crippen molar-refractivity contribution in [1.29, 1.82) is 0 Å². The Morgan fingerprint density at radius 3 is 2.33 bits per heavy atom. The molecule has 0 saturated carbocycles. The second-order valence-electron chi connectivity index (χ2n) is 7.50. The molecule has 0 fully saturated rings. The molecule has 164 valence electrons. The molecule has 1 N–H and O–H groups in total. The summed E-state index contributed by atoms with van der Waals surface area (Å²) >= 11 is 0. The van der Waals surface area contributed by atoms with Gasteiger partial charge in [-0.2, -0.15) is 0 Å². The number of nitrogens with one attached hydrogen (secondary N) is 1. The fourth-order valence-corrected chi connectivity index (χ4v) is 4.12. The Labute approximate surface area is 180 Å². The first-order valence-electron chi connectivity index (χ1n) is 10.2. The summed E-state index contributed by atoms with van der Waals surface area (Å²) in [7, 11) is -3.43. The van der Waals surface area contributed by atoms with Gasteiger partial charge in [-0.1, -0.05) is 18.2 Å². The van der Waals surface area contributed by atoms with Gasteiger partial charge in [-0.3, -0.25) is 9.10 Å². The molecule has 0 aliphatic heterocycles. The van der Waals surface area contributed by atoms with Crippen molar-refractivity contribution in [2.24, 2.45) is 0 Å². The lowest BCUT2D eigenvalue weighted by atomic mass is 10.1. The highest BCUT2D eigenvalue weighted by molar-refractivity contribution is 7.92. The van der Waals surface area contributed by atoms with Crippen LogP contribution in [0.3, 0.4) is 0 Å². The van der Waals surface area contributed by atoms with Crippen molar-refractivity contribution in [3.8, 4) is 5.75 Å². The fourth-order valence-electron chi connectivity index (χ4n) is 3.17. The summed E-state index contributed by atoms with van der Waals surface area (Å²) < 4.78 is 31.3. The molecule has 6 nitrogen and oxygen atoms in total. The second-order valence-corrected chi connectivity index (χ2v) is 9.41. The van der Waals surface area contributed by atoms with Crippen molar-refractivity contribution in [3.05, 3.63) is 59.2 Å². The van der Waals surface area contributed by atoms with Crippen LogP contribution in [0, 0.1) is 13.8 Å². The lowest BCUT2D eigenvalue weighted by molar-refractivity contribution is -0.121. The molecular weight excluding hydrogens is 400 g/mol. The molecule has 2 aromatic carbocycles. The van der Waals surface area contributed by atoms with E-state index >= 15 is 0 Å². The van der Waals surface area contributed by atoms with E-state index in [0.29, 0.717) is 18.7 Å². The average molecular weight is 433 g/mol. The van der Waals surface area contributed by atoms with Crippen LogP contribution in [0.1, 0.15) is 49.4 Å². The number of sulfonamides is 1. The first-order chi connectivity index (χ1) is 14.1. The molecule has 7 heteroatoms. The number of hydrogen-bond donors (Lipinski definition) is 1. The van der Waals surface area contributed by atoms with E-state index in [4.69, 9.17) is 4.74 Å². The highest BCUT2D eigenvalue weighted by Crippen LogP contribution is 2.22. The van der Waals surface area contributed by atoms with Gasteiger partial charge in [-0.05, 0) is 75.1 Å². The third-order valence-electron chi connectivity index (χ3n) is 5.01. The van der Waals surface area contributed by atoms with Crippen LogP contribution in [0.5, 0.6) is 5.75 Å². The Balaban J connectivity index is 1.92. The number of rotatable bonds is 10. The van der Waals surface area contributed by atoms with E-state index < -0.39 is 10.0 Å². The maximum atomic E-state index is 12.4. The molecule has 0 radical (unpaired) electrons. The summed E-state index contributed by atoms with van der Waals surface area (Å²) in [6.45, 7) is 8.66. The van der Waals surface area contributed by atoms with Gasteiger partial charge >= 0.3 is 0 Å². The summed E-state index contributed by atoms with van der Waals surface area (Å²) in [5, 5.41) is 2.97. The van der Waals surface area contributed by atoms with Gasteiger partial charge in [-0.25, -0.2) is 8.42 Å². The molecule has 2 aromatic rings. The maximum absolute atomic E-state index is 12.4. The molecule has 30 heavy (non-hydrogen) atoms. The summed E-state index contributed by atoms with van der Waals surface area (Å²) in [6, 6.07) is 13.1. The molecule has 0 aliphatic carbocycles. The highest BCUT2D eigenvalue weighted by atomic mass is 32.2. The quantitative estimate of drug-likeness (QED) is 0.613. The Bertz CT molecular complexity index is 956. The van der Waals surface area contributed by atoms with Crippen molar-refractivity contribution in [3.63, 3.8) is 0 Å². The Morgan fingerprint density at radius 1 is 1.10 bits per heavy atom. The van der Waals surface area contributed by atoms with E-state index in [2.05, 4.69) is 5.32 Å². The number of benzene rings is 2. The number of hydrogen-bond acceptors (Lipinski definition) is 4. The third-order valence-corrected chi connectivity index (χ3v) is 6.21. The van der Waals surface area contributed by atoms with Crippen LogP contribution in [0.25, 0.3) is 0 Å². The largest absolute Gasteiger partial charge is 0.494 e. The summed E-state index contributed by atoms with van der Waals surface area (Å²) in [5.41, 5.74) is 3.75. The summed E-state index contributed by atoms with van der Waals surface area (Å²) in [5.74, 6) is 0.692. The number of ether oxygens (including phenoxy) is 1. The summed E-state index contributed by atoms with van der Waals surface area (Å²) in [4.78, 5) is 12.4. The third kappa shape index (κ3) is 6.76. The molecule has 0 aromatic heterocycles. The molecule has 0 bridgehead atoms. The number of anilines is 1. The smallest absolute Gasteiger partial charge is 0.232 e. The van der Waals surface area contributed by atoms with Crippen LogP contribution >= 0.6 is 0 Å². The minimum Gasteiger partial charge on any atom is -0.494 e. The molecule has 1 atom stereocenters. The Kier molecular flexibility index (Phi) is 8.29. The predicted octanol–water partition coefficient (Wildman–Crippen LogP) is 4.13. The second kappa shape index (κ2) is 10.5. The van der Waals surface area contributed by atoms with Crippen LogP contribution < -0.4 is 14.4 Å². The van der Waals surface area contributed by atoms with E-state index in [1.807, 2.05) is 64.1 Å². The standard InChI is InChI=1S/C23H32N2O4S/c1-6-29-22-13-10-20(11-14-22)19(4)24-23(26)8-7-15-25(30(5,27)28)21-12-9-17(2)18(3)16-21/h9-14,16,19H,6-8,15H2,1-5H3,(H,24,26). The molecule has 0 spiro atoms. The van der Waals surface area contributed by atoms with Crippen LogP contribution in [-0.2, 0) is 14.8 Å². The predicted molar refractivity (Wildman–Crippen MR) is 122 cm³/mol. The van der Waals surface area contributed by atoms with Gasteiger partial charge in [0, 0.05) is 13.0 Å². The number of nitrogens with zero attached hydrogens (tertiary/aromatic N) is 1. The number of amides is 1. The Hall–Kier alpha value is -2.54. The van der Waals surface area contributed by atoms with E-state index in [1.165, 1.54) is 10.6 Å². The average Bonchev–Trinajstić information content (AvgIpc) is 2.67. The Morgan fingerprint density at radius 2 is 1.77 bits per heavy atom. The van der Waals surface area contributed by atoms with Crippen molar-refractivity contribution < 1.29 is 17.9 Å². The highest BCUT2D eigenvalue weighted by Gasteiger charge is 2.18. The lowest BCUT2D eigenvalue weighted by Crippen LogP contribution is -2.32. The van der Waals surface area contributed by atoms with Gasteiger partial charge in [0.05, 0.1) is 24.6 Å². The van der Waals surface area contributed by atoms with Gasteiger partial charge in [0.1, 0.15) is 5.75 Å². The molecule has 1 amide bonds. The monoisotopic (exact) mass is 432 g/mol. The number of carbonyl (C=O) groups excluding carboxylic acids is 1. The van der Waals surface area contributed by atoms with E-state index in [-0.39, 0.29) is 24.9 Å². The normalized spacial score (nSPS) is 12.3. The first kappa shape index (κ1) is 23.7. The molecule has 2 rings (SSSR count). The van der Waals surface area contributed by atoms with Crippen molar-refractivity contribution in [1.82, 2.24) is 5.32 Å². The molecule has 0 aliphatic rings. The van der Waals surface area contributed by atoms with E-state index in [0.717, 1.165) is 22.4 Å². The number of carbonyl (C=O) groups is 1. The van der Waals surface area contributed by atoms with Gasteiger partial charge in [-0.15, -0.1) is 0 Å². The maximum Gasteiger partial charge on any atom is 0.232 e. The molecular formula is C23H32N2O4S. The molecule has 0 heterocycles. The van der Waals surface area contributed by atoms with Gasteiger partial charge in [0.2, 0.25) is 15.9 Å². The van der Waals surface area contributed by atoms with Crippen LogP contribution in [-0.4, -0.2) is 33.7 Å². The van der Waals surface area contributed by atoms with E-state index in [1.54, 1.807) is 6.07 Å². The zero-order chi connectivity index (χ0) is 22.3. The zero-order valence-electron chi connectivity index (χ0n) is 18.4. The van der Waals surface area contributed by atoms with Gasteiger partial charge in [0.25, 0.3) is 0 Å². The van der Waals surface area contributed by atoms with Crippen LogP contribution in [0.4, 0.5) is 5.69 Å². The molecule has 0 saturated heterocycles. The van der Waals surface area contributed by atoms with Gasteiger partial charge in [0.15, 0.2) is 0 Å². The summed E-state index contributed by atoms with van der Waals surface area (Å²) in [6.07, 6.45) is 1.87. The first-order valence-corrected chi connectivity index (χ1v) is 12.0. The van der Waals surface area contributed by atoms with Crippen LogP contribution in [0.2, 0.25) is 0 Å². The lowest BCUT2D eigenvalue weighted by Gasteiger charge is -2.23. The fraction of sp³-hybridized carbons (Fsp3) is 0.435. The van der Waals surface area contributed by atoms with E-state index in [9.17, 15) is 13.2 Å². The van der Waals surface area contributed by atoms with Gasteiger partial charge < -0.3 is 10.1 Å². The van der Waals surface area contributed by atoms with Crippen molar-refractivity contribution >= 4 is 21.6 Å². The minimum absolute atomic E-state index is 0.107. The zero-order valence-corrected chi connectivity index (χ0v) is 19.3. The minimum atomic E-state index is -3.43. The number of aryl methyl sites for hydroxylation is 2. The SMILES string of the molecule is CCOc1ccc(C(C)NC(=O)CCCN(c2ccc(C)c(C)c2)S(C)(=O)=O)cc1.